The van der Waals surface area contributed by atoms with E-state index in [-0.39, 0.29) is 43.9 Å². The Labute approximate surface area is 205 Å². The van der Waals surface area contributed by atoms with Crippen molar-refractivity contribution in [2.75, 3.05) is 12.4 Å². The lowest BCUT2D eigenvalue weighted by molar-refractivity contribution is -0.125. The highest BCUT2D eigenvalue weighted by atomic mass is 35.5. The summed E-state index contributed by atoms with van der Waals surface area (Å²) in [6, 6.07) is 14.0. The van der Waals surface area contributed by atoms with Crippen molar-refractivity contribution in [1.29, 1.82) is 0 Å². The van der Waals surface area contributed by atoms with Gasteiger partial charge in [-0.2, -0.15) is 0 Å². The smallest absolute Gasteiger partial charge is 0.268 e. The van der Waals surface area contributed by atoms with Gasteiger partial charge in [0.1, 0.15) is 11.6 Å². The third-order valence-electron chi connectivity index (χ3n) is 5.03. The van der Waals surface area contributed by atoms with E-state index in [0.29, 0.717) is 5.02 Å². The molecule has 0 saturated heterocycles. The summed E-state index contributed by atoms with van der Waals surface area (Å²) in [4.78, 5) is 17.9. The molecule has 1 heterocycles. The molecular weight excluding hydrogens is 506 g/mol. The van der Waals surface area contributed by atoms with Gasteiger partial charge in [-0.25, -0.2) is 12.8 Å². The Balaban J connectivity index is 1.55. The maximum Gasteiger partial charge on any atom is 0.268 e. The van der Waals surface area contributed by atoms with Crippen LogP contribution < -0.4 is 10.1 Å². The molecule has 0 fully saturated rings. The Morgan fingerprint density at radius 1 is 1.12 bits per heavy atom. The van der Waals surface area contributed by atoms with Crippen LogP contribution in [0.15, 0.2) is 75.6 Å². The number of hydrogen-bond acceptors (Lipinski definition) is 6. The Morgan fingerprint density at radius 2 is 1.85 bits per heavy atom. The molecule has 1 aliphatic rings. The number of hydrogen-bond donors (Lipinski definition) is 1. The van der Waals surface area contributed by atoms with Crippen LogP contribution in [0.25, 0.3) is 0 Å². The van der Waals surface area contributed by atoms with Crippen LogP contribution in [0.2, 0.25) is 10.0 Å². The predicted octanol–water partition coefficient (Wildman–Crippen LogP) is 5.11. The highest BCUT2D eigenvalue weighted by Crippen LogP contribution is 2.30. The molecule has 0 aliphatic carbocycles. The first-order chi connectivity index (χ1) is 16.2. The molecule has 0 saturated carbocycles. The maximum atomic E-state index is 14.2. The molecule has 1 atom stereocenters. The largest absolute Gasteiger partial charge is 0.497 e. The van der Waals surface area contributed by atoms with Crippen LogP contribution in [-0.4, -0.2) is 33.3 Å². The number of methoxy groups -OCH3 is 1. The Hall–Kier alpha value is -3.14. The van der Waals surface area contributed by atoms with Gasteiger partial charge in [0.05, 0.1) is 33.2 Å². The van der Waals surface area contributed by atoms with Crippen molar-refractivity contribution in [2.45, 2.75) is 22.3 Å². The van der Waals surface area contributed by atoms with Gasteiger partial charge >= 0.3 is 0 Å². The number of carbonyl (C=O) groups is 1. The zero-order valence-electron chi connectivity index (χ0n) is 17.6. The number of nitrogens with one attached hydrogen (secondary N) is 1. The van der Waals surface area contributed by atoms with Crippen LogP contribution in [0, 0.1) is 5.82 Å². The van der Waals surface area contributed by atoms with Gasteiger partial charge < -0.3 is 14.9 Å². The molecule has 3 aromatic rings. The number of nitrogens with zero attached hydrogens (tertiary/aromatic N) is 1. The number of halogens is 3. The van der Waals surface area contributed by atoms with Gasteiger partial charge in [0.25, 0.3) is 5.91 Å². The van der Waals surface area contributed by atoms with E-state index in [4.69, 9.17) is 32.8 Å². The van der Waals surface area contributed by atoms with E-state index >= 15 is 0 Å². The number of carbonyl (C=O) groups excluding carboxylic acids is 1. The molecule has 3 aromatic carbocycles. The van der Waals surface area contributed by atoms with E-state index in [2.05, 4.69) is 10.5 Å². The number of anilines is 1. The van der Waals surface area contributed by atoms with Gasteiger partial charge in [-0.3, -0.25) is 4.79 Å². The minimum Gasteiger partial charge on any atom is -0.497 e. The zero-order valence-corrected chi connectivity index (χ0v) is 19.9. The van der Waals surface area contributed by atoms with Crippen molar-refractivity contribution in [3.63, 3.8) is 0 Å². The molecule has 0 radical (unpaired) electrons. The van der Waals surface area contributed by atoms with E-state index in [0.717, 1.165) is 0 Å². The fourth-order valence-electron chi connectivity index (χ4n) is 3.33. The number of rotatable bonds is 6. The highest BCUT2D eigenvalue weighted by Gasteiger charge is 2.31. The quantitative estimate of drug-likeness (QED) is 0.485. The van der Waals surface area contributed by atoms with Crippen molar-refractivity contribution in [1.82, 2.24) is 0 Å². The highest BCUT2D eigenvalue weighted by molar-refractivity contribution is 7.91. The first-order valence-electron chi connectivity index (χ1n) is 9.86. The molecule has 11 heteroatoms. The van der Waals surface area contributed by atoms with Gasteiger partial charge in [0.15, 0.2) is 0 Å². The second-order valence-corrected chi connectivity index (χ2v) is 10.1. The van der Waals surface area contributed by atoms with Crippen molar-refractivity contribution < 1.29 is 27.2 Å². The second-order valence-electron chi connectivity index (χ2n) is 7.28. The van der Waals surface area contributed by atoms with E-state index in [1.165, 1.54) is 67.8 Å². The Bertz CT molecular complexity index is 1370. The van der Waals surface area contributed by atoms with E-state index in [1.807, 2.05) is 0 Å². The van der Waals surface area contributed by atoms with Crippen LogP contribution in [0.1, 0.15) is 12.0 Å². The second kappa shape index (κ2) is 9.61. The lowest BCUT2D eigenvalue weighted by Gasteiger charge is -2.13. The number of amides is 1. The molecule has 1 unspecified atom stereocenters. The Morgan fingerprint density at radius 3 is 2.53 bits per heavy atom. The standard InChI is InChI=1S/C23H17Cl2FN2O5S/c1-32-15-9-14(10-17(11-15)34(30,31)16-7-5-13(24)6-8-16)27-23(29)21-12-20(28-33-21)22-18(25)3-2-4-19(22)26/h2-11,21H,12H2,1H3,(H,27,29). The van der Waals surface area contributed by atoms with Gasteiger partial charge in [0.2, 0.25) is 15.9 Å². The average molecular weight is 523 g/mol. The molecule has 1 N–H and O–H groups in total. The Kier molecular flexibility index (Phi) is 6.79. The lowest BCUT2D eigenvalue weighted by atomic mass is 10.0. The zero-order chi connectivity index (χ0) is 24.5. The third-order valence-corrected chi connectivity index (χ3v) is 7.35. The minimum absolute atomic E-state index is 0.0214. The van der Waals surface area contributed by atoms with E-state index in [1.54, 1.807) is 0 Å². The summed E-state index contributed by atoms with van der Waals surface area (Å²) in [5.41, 5.74) is 0.426. The fourth-order valence-corrected chi connectivity index (χ4v) is 5.05. The maximum absolute atomic E-state index is 14.2. The van der Waals surface area contributed by atoms with Gasteiger partial charge in [-0.05, 0) is 48.5 Å². The molecule has 0 aromatic heterocycles. The molecule has 1 amide bonds. The average Bonchev–Trinajstić information content (AvgIpc) is 3.29. The number of oxime groups is 1. The van der Waals surface area contributed by atoms with Crippen LogP contribution in [0.4, 0.5) is 10.1 Å². The summed E-state index contributed by atoms with van der Waals surface area (Å²) in [7, 11) is -2.55. The molecular formula is C23H17Cl2FN2O5S. The normalized spacial score (nSPS) is 15.4. The minimum atomic E-state index is -3.92. The molecule has 0 bridgehead atoms. The van der Waals surface area contributed by atoms with E-state index in [9.17, 15) is 17.6 Å². The van der Waals surface area contributed by atoms with Gasteiger partial charge in [0, 0.05) is 23.2 Å². The summed E-state index contributed by atoms with van der Waals surface area (Å²) in [6.45, 7) is 0. The molecule has 34 heavy (non-hydrogen) atoms. The number of sulfone groups is 1. The van der Waals surface area contributed by atoms with Crippen molar-refractivity contribution in [3.05, 3.63) is 82.1 Å². The summed E-state index contributed by atoms with van der Waals surface area (Å²) in [5, 5.41) is 6.95. The van der Waals surface area contributed by atoms with Gasteiger partial charge in [-0.1, -0.05) is 34.4 Å². The summed E-state index contributed by atoms with van der Waals surface area (Å²) in [6.07, 6.45) is -1.08. The first-order valence-corrected chi connectivity index (χ1v) is 12.1. The predicted molar refractivity (Wildman–Crippen MR) is 126 cm³/mol. The molecule has 0 spiro atoms. The third kappa shape index (κ3) is 4.86. The van der Waals surface area contributed by atoms with Crippen LogP contribution >= 0.6 is 23.2 Å². The SMILES string of the molecule is COc1cc(NC(=O)C2CC(c3c(F)cccc3Cl)=NO2)cc(S(=O)(=O)c2ccc(Cl)cc2)c1. The molecule has 176 valence electrons. The first kappa shape index (κ1) is 24.0. The van der Waals surface area contributed by atoms with Crippen LogP contribution in [-0.2, 0) is 19.5 Å². The molecule has 4 rings (SSSR count). The molecule has 1 aliphatic heterocycles. The van der Waals surface area contributed by atoms with Crippen molar-refractivity contribution >= 4 is 50.3 Å². The van der Waals surface area contributed by atoms with Crippen LogP contribution in [0.5, 0.6) is 5.75 Å². The summed E-state index contributed by atoms with van der Waals surface area (Å²) < 4.78 is 45.5. The number of benzene rings is 3. The summed E-state index contributed by atoms with van der Waals surface area (Å²) >= 11 is 11.9. The topological polar surface area (TPSA) is 94.1 Å². The number of ether oxygens (including phenoxy) is 1. The van der Waals surface area contributed by atoms with Crippen molar-refractivity contribution in [2.24, 2.45) is 5.16 Å². The summed E-state index contributed by atoms with van der Waals surface area (Å²) in [5.74, 6) is -0.970. The lowest BCUT2D eigenvalue weighted by Crippen LogP contribution is -2.28. The molecule has 7 nitrogen and oxygen atoms in total. The van der Waals surface area contributed by atoms with Crippen LogP contribution in [0.3, 0.4) is 0 Å². The van der Waals surface area contributed by atoms with Crippen molar-refractivity contribution in [3.8, 4) is 5.75 Å². The monoisotopic (exact) mass is 522 g/mol. The van der Waals surface area contributed by atoms with Gasteiger partial charge in [-0.15, -0.1) is 0 Å². The fraction of sp³-hybridized carbons (Fsp3) is 0.130. The van der Waals surface area contributed by atoms with E-state index < -0.39 is 27.7 Å².